The monoisotopic (exact) mass is 162 g/mol. The molecule has 0 saturated carbocycles. The third kappa shape index (κ3) is 1.06. The molecule has 0 spiro atoms. The van der Waals surface area contributed by atoms with E-state index in [1.165, 1.54) is 0 Å². The van der Waals surface area contributed by atoms with E-state index in [9.17, 15) is 0 Å². The molecular weight excluding hydrogens is 154 g/mol. The summed E-state index contributed by atoms with van der Waals surface area (Å²) < 4.78 is 1.67. The highest BCUT2D eigenvalue weighted by atomic mass is 16.3. The van der Waals surface area contributed by atoms with Gasteiger partial charge in [0.15, 0.2) is 0 Å². The zero-order valence-corrected chi connectivity index (χ0v) is 6.44. The molecule has 2 aromatic rings. The minimum atomic E-state index is 0.0804. The van der Waals surface area contributed by atoms with Gasteiger partial charge in [0, 0.05) is 0 Å². The predicted octanol–water partition coefficient (Wildman–Crippen LogP) is 0.224. The minimum absolute atomic E-state index is 0.0804. The van der Waals surface area contributed by atoms with E-state index in [-0.39, 0.29) is 6.61 Å². The number of aliphatic hydroxyl groups is 1. The van der Waals surface area contributed by atoms with Crippen LogP contribution in [0.25, 0.3) is 11.0 Å². The summed E-state index contributed by atoms with van der Waals surface area (Å²) >= 11 is 0. The Bertz CT molecular complexity index is 382. The van der Waals surface area contributed by atoms with Gasteiger partial charge in [-0.25, -0.2) is 4.68 Å². The summed E-state index contributed by atoms with van der Waals surface area (Å²) in [4.78, 5) is 0. The van der Waals surface area contributed by atoms with E-state index in [0.29, 0.717) is 6.54 Å². The molecule has 0 unspecified atom stereocenters. The van der Waals surface area contributed by atoms with Crippen LogP contribution in [0.1, 0.15) is 0 Å². The summed E-state index contributed by atoms with van der Waals surface area (Å²) in [6.45, 7) is 0.567. The first-order valence-corrected chi connectivity index (χ1v) is 3.72. The van der Waals surface area contributed by atoms with Gasteiger partial charge in [0.2, 0.25) is 0 Å². The van der Waals surface area contributed by atoms with Gasteiger partial charge in [0.05, 0.1) is 18.7 Å². The molecule has 12 heavy (non-hydrogen) atoms. The minimum Gasteiger partial charge on any atom is -0.394 e. The number of rotatable bonds is 2. The van der Waals surface area contributed by atoms with Crippen molar-refractivity contribution in [2.45, 2.75) is 6.54 Å². The number of hydrogen-bond donors (Lipinski definition) is 1. The van der Waals surface area contributed by atoms with Crippen molar-refractivity contribution in [3.8, 4) is 0 Å². The number of aromatic nitrogens is 3. The van der Waals surface area contributed by atoms with Gasteiger partial charge in [-0.2, -0.15) is 0 Å². The van der Waals surface area contributed by atoms with E-state index in [1.807, 2.05) is 6.07 Å². The van der Waals surface area contributed by atoms with Crippen molar-refractivity contribution in [1.82, 2.24) is 15.0 Å². The fourth-order valence-corrected chi connectivity index (χ4v) is 1.12. The highest BCUT2D eigenvalue weighted by molar-refractivity contribution is 5.73. The summed E-state index contributed by atoms with van der Waals surface area (Å²) in [5, 5.41) is 16.5. The molecule has 0 saturated heterocycles. The standard InChI is InChI=1S/C8H8N3O/c12-6-5-11-8-4-2-1-3-7(8)9-10-11/h2-4,12H,5-6H2. The van der Waals surface area contributed by atoms with Crippen molar-refractivity contribution in [3.63, 3.8) is 0 Å². The van der Waals surface area contributed by atoms with Crippen LogP contribution in [0.5, 0.6) is 0 Å². The fourth-order valence-electron chi connectivity index (χ4n) is 1.12. The Hall–Kier alpha value is -1.42. The summed E-state index contributed by atoms with van der Waals surface area (Å²) in [6.07, 6.45) is 0. The summed E-state index contributed by atoms with van der Waals surface area (Å²) in [5.41, 5.74) is 1.74. The number of nitrogens with zero attached hydrogens (tertiary/aromatic N) is 3. The Morgan fingerprint density at radius 2 is 2.50 bits per heavy atom. The summed E-state index contributed by atoms with van der Waals surface area (Å²) in [5.74, 6) is 0. The Morgan fingerprint density at radius 1 is 1.58 bits per heavy atom. The zero-order valence-electron chi connectivity index (χ0n) is 6.44. The van der Waals surface area contributed by atoms with Gasteiger partial charge in [-0.1, -0.05) is 11.3 Å². The lowest BCUT2D eigenvalue weighted by Crippen LogP contribution is -2.03. The molecule has 1 aromatic heterocycles. The van der Waals surface area contributed by atoms with Gasteiger partial charge in [-0.05, 0) is 18.2 Å². The number of benzene rings is 1. The highest BCUT2D eigenvalue weighted by Gasteiger charge is 2.00. The molecule has 4 heteroatoms. The van der Waals surface area contributed by atoms with Crippen molar-refractivity contribution in [3.05, 3.63) is 24.3 Å². The van der Waals surface area contributed by atoms with Gasteiger partial charge in [0.25, 0.3) is 0 Å². The van der Waals surface area contributed by atoms with E-state index in [2.05, 4.69) is 16.4 Å². The van der Waals surface area contributed by atoms with E-state index in [4.69, 9.17) is 5.11 Å². The Labute approximate surface area is 69.4 Å². The molecule has 1 radical (unpaired) electrons. The molecule has 1 heterocycles. The predicted molar refractivity (Wildman–Crippen MR) is 43.4 cm³/mol. The van der Waals surface area contributed by atoms with Crippen molar-refractivity contribution >= 4 is 11.0 Å². The first kappa shape index (κ1) is 7.24. The molecule has 2 rings (SSSR count). The Balaban J connectivity index is 2.55. The van der Waals surface area contributed by atoms with Crippen LogP contribution < -0.4 is 0 Å². The molecule has 0 amide bonds. The lowest BCUT2D eigenvalue weighted by Gasteiger charge is -1.96. The molecule has 0 aliphatic rings. The maximum Gasteiger partial charge on any atom is 0.113 e. The lowest BCUT2D eigenvalue weighted by molar-refractivity contribution is 0.270. The largest absolute Gasteiger partial charge is 0.394 e. The first-order chi connectivity index (χ1) is 5.92. The molecule has 0 aliphatic heterocycles. The van der Waals surface area contributed by atoms with Crippen LogP contribution in [0, 0.1) is 6.07 Å². The molecule has 0 bridgehead atoms. The maximum atomic E-state index is 8.70. The number of fused-ring (bicyclic) bond motifs is 1. The normalized spacial score (nSPS) is 10.8. The van der Waals surface area contributed by atoms with Gasteiger partial charge >= 0.3 is 0 Å². The van der Waals surface area contributed by atoms with E-state index < -0.39 is 0 Å². The maximum absolute atomic E-state index is 8.70. The molecule has 0 atom stereocenters. The second kappa shape index (κ2) is 2.91. The third-order valence-corrected chi connectivity index (χ3v) is 1.67. The number of aliphatic hydroxyl groups excluding tert-OH is 1. The van der Waals surface area contributed by atoms with Gasteiger partial charge in [-0.3, -0.25) is 0 Å². The lowest BCUT2D eigenvalue weighted by atomic mass is 10.3. The van der Waals surface area contributed by atoms with Crippen molar-refractivity contribution in [2.24, 2.45) is 0 Å². The third-order valence-electron chi connectivity index (χ3n) is 1.67. The molecule has 1 N–H and O–H groups in total. The fraction of sp³-hybridized carbons (Fsp3) is 0.250. The second-order valence-corrected chi connectivity index (χ2v) is 2.45. The van der Waals surface area contributed by atoms with E-state index in [0.717, 1.165) is 11.0 Å². The molecule has 0 aliphatic carbocycles. The smallest absolute Gasteiger partial charge is 0.113 e. The van der Waals surface area contributed by atoms with Crippen LogP contribution in [0.3, 0.4) is 0 Å². The zero-order chi connectivity index (χ0) is 8.39. The van der Waals surface area contributed by atoms with Crippen LogP contribution in [0.4, 0.5) is 0 Å². The Morgan fingerprint density at radius 3 is 3.33 bits per heavy atom. The molecule has 4 nitrogen and oxygen atoms in total. The molecule has 61 valence electrons. The molecular formula is C8H8N3O. The van der Waals surface area contributed by atoms with Crippen molar-refractivity contribution in [2.75, 3.05) is 6.61 Å². The highest BCUT2D eigenvalue weighted by Crippen LogP contribution is 2.08. The van der Waals surface area contributed by atoms with Crippen molar-refractivity contribution < 1.29 is 5.11 Å². The van der Waals surface area contributed by atoms with E-state index in [1.54, 1.807) is 16.8 Å². The van der Waals surface area contributed by atoms with Crippen LogP contribution in [0.15, 0.2) is 18.2 Å². The quantitative estimate of drug-likeness (QED) is 0.687. The summed E-state index contributed by atoms with van der Waals surface area (Å²) in [6, 6.07) is 8.37. The SMILES string of the molecule is OCCn1nnc2c[c]ccc21. The van der Waals surface area contributed by atoms with Crippen LogP contribution in [-0.2, 0) is 6.54 Å². The average molecular weight is 162 g/mol. The van der Waals surface area contributed by atoms with Gasteiger partial charge in [0.1, 0.15) is 5.52 Å². The summed E-state index contributed by atoms with van der Waals surface area (Å²) in [7, 11) is 0. The average Bonchev–Trinajstić information content (AvgIpc) is 2.50. The van der Waals surface area contributed by atoms with Crippen LogP contribution >= 0.6 is 0 Å². The Kier molecular flexibility index (Phi) is 1.75. The van der Waals surface area contributed by atoms with E-state index >= 15 is 0 Å². The van der Waals surface area contributed by atoms with Crippen LogP contribution in [-0.4, -0.2) is 26.7 Å². The first-order valence-electron chi connectivity index (χ1n) is 3.72. The van der Waals surface area contributed by atoms with Gasteiger partial charge in [-0.15, -0.1) is 5.10 Å². The van der Waals surface area contributed by atoms with Crippen LogP contribution in [0.2, 0.25) is 0 Å². The van der Waals surface area contributed by atoms with Gasteiger partial charge < -0.3 is 5.11 Å². The second-order valence-electron chi connectivity index (χ2n) is 2.45. The molecule has 1 aromatic carbocycles. The number of hydrogen-bond acceptors (Lipinski definition) is 3. The van der Waals surface area contributed by atoms with Crippen molar-refractivity contribution in [1.29, 1.82) is 0 Å². The topological polar surface area (TPSA) is 50.9 Å². The molecule has 0 fully saturated rings.